The van der Waals surface area contributed by atoms with Crippen molar-refractivity contribution in [2.45, 2.75) is 69.2 Å². The van der Waals surface area contributed by atoms with Crippen LogP contribution in [-0.4, -0.2) is 64.3 Å². The Hall–Kier alpha value is -3.12. The van der Waals surface area contributed by atoms with Gasteiger partial charge in [-0.15, -0.1) is 0 Å². The van der Waals surface area contributed by atoms with Crippen molar-refractivity contribution in [2.24, 2.45) is 17.8 Å². The molecule has 8 atom stereocenters. The number of hydrogen-bond acceptors (Lipinski definition) is 4. The molecule has 7 heterocycles. The van der Waals surface area contributed by atoms with Gasteiger partial charge in [0, 0.05) is 71.4 Å². The number of allylic oxidation sites excluding steroid dienone is 2. The molecule has 10 rings (SSSR count). The van der Waals surface area contributed by atoms with Gasteiger partial charge in [-0.3, -0.25) is 9.80 Å². The average Bonchev–Trinajstić information content (AvgIpc) is 3.72. The molecule has 6 aliphatic heterocycles. The SMILES string of the molecule is C/C=C1/CN2CCc3c([nH]c4ccccc34)[C@@H]2C[C@H]1C1=CN2c3ccccc3[C@]34CCN5C/C(=C/C)[C@H](C[C@H]53)[C@@H]([C@@H]1O)[C@H]24. The number of piperidine rings is 2. The van der Waals surface area contributed by atoms with Crippen molar-refractivity contribution in [3.05, 3.63) is 100 Å². The molecular weight excluding hydrogens is 528 g/mol. The molecule has 3 saturated heterocycles. The number of aromatic nitrogens is 1. The van der Waals surface area contributed by atoms with Crippen LogP contribution in [0.2, 0.25) is 0 Å². The molecule has 3 aromatic rings. The number of benzene rings is 2. The predicted octanol–water partition coefficient (Wildman–Crippen LogP) is 6.09. The van der Waals surface area contributed by atoms with Crippen LogP contribution in [0, 0.1) is 17.8 Å². The number of rotatable bonds is 1. The molecule has 1 saturated carbocycles. The third kappa shape index (κ3) is 3.04. The van der Waals surface area contributed by atoms with Gasteiger partial charge in [-0.25, -0.2) is 0 Å². The molecule has 2 bridgehead atoms. The van der Waals surface area contributed by atoms with Crippen molar-refractivity contribution in [2.75, 3.05) is 31.1 Å². The Kier molecular flexibility index (Phi) is 5.13. The second-order valence-corrected chi connectivity index (χ2v) is 14.5. The molecule has 5 nitrogen and oxygen atoms in total. The van der Waals surface area contributed by atoms with E-state index in [0.717, 1.165) is 32.5 Å². The van der Waals surface area contributed by atoms with E-state index in [9.17, 15) is 5.11 Å². The second kappa shape index (κ2) is 8.74. The quantitative estimate of drug-likeness (QED) is 0.348. The number of fused-ring (bicyclic) bond motifs is 9. The van der Waals surface area contributed by atoms with Gasteiger partial charge in [0.15, 0.2) is 0 Å². The summed E-state index contributed by atoms with van der Waals surface area (Å²) < 4.78 is 0. The summed E-state index contributed by atoms with van der Waals surface area (Å²) in [5.74, 6) is 0.919. The van der Waals surface area contributed by atoms with Crippen molar-refractivity contribution in [3.63, 3.8) is 0 Å². The van der Waals surface area contributed by atoms with Crippen LogP contribution < -0.4 is 4.90 Å². The summed E-state index contributed by atoms with van der Waals surface area (Å²) in [6, 6.07) is 19.4. The van der Waals surface area contributed by atoms with Crippen LogP contribution in [0.1, 0.15) is 56.0 Å². The normalized spacial score (nSPS) is 39.6. The molecule has 5 heteroatoms. The summed E-state index contributed by atoms with van der Waals surface area (Å²) in [6.07, 6.45) is 11.3. The molecule has 2 aromatic carbocycles. The fourth-order valence-corrected chi connectivity index (χ4v) is 11.5. The molecule has 2 N–H and O–H groups in total. The maximum Gasteiger partial charge on any atom is 0.0827 e. The highest BCUT2D eigenvalue weighted by molar-refractivity contribution is 5.85. The lowest BCUT2D eigenvalue weighted by molar-refractivity contribution is -0.0147. The van der Waals surface area contributed by atoms with Gasteiger partial charge in [0.25, 0.3) is 0 Å². The largest absolute Gasteiger partial charge is 0.388 e. The molecule has 0 radical (unpaired) electrons. The van der Waals surface area contributed by atoms with Crippen molar-refractivity contribution in [3.8, 4) is 0 Å². The first-order valence-corrected chi connectivity index (χ1v) is 16.8. The van der Waals surface area contributed by atoms with Crippen molar-refractivity contribution in [1.82, 2.24) is 14.8 Å². The van der Waals surface area contributed by atoms with Crippen molar-refractivity contribution < 1.29 is 5.11 Å². The molecule has 1 spiro atoms. The van der Waals surface area contributed by atoms with E-state index < -0.39 is 6.10 Å². The number of nitrogens with zero attached hydrogens (tertiary/aromatic N) is 3. The van der Waals surface area contributed by atoms with Crippen molar-refractivity contribution >= 4 is 16.6 Å². The number of para-hydroxylation sites is 2. The zero-order chi connectivity index (χ0) is 28.6. The Bertz CT molecular complexity index is 1760. The highest BCUT2D eigenvalue weighted by atomic mass is 16.3. The number of aliphatic hydroxyl groups excluding tert-OH is 1. The van der Waals surface area contributed by atoms with E-state index in [1.54, 1.807) is 11.1 Å². The van der Waals surface area contributed by atoms with Gasteiger partial charge < -0.3 is 15.0 Å². The third-order valence-electron chi connectivity index (χ3n) is 13.2. The van der Waals surface area contributed by atoms with Gasteiger partial charge in [0.2, 0.25) is 0 Å². The minimum Gasteiger partial charge on any atom is -0.388 e. The van der Waals surface area contributed by atoms with Crippen LogP contribution in [-0.2, 0) is 11.8 Å². The Morgan fingerprint density at radius 2 is 1.74 bits per heavy atom. The van der Waals surface area contributed by atoms with Gasteiger partial charge in [-0.2, -0.15) is 0 Å². The fourth-order valence-electron chi connectivity index (χ4n) is 11.5. The average molecular weight is 571 g/mol. The van der Waals surface area contributed by atoms with Gasteiger partial charge in [0.05, 0.1) is 18.2 Å². The third-order valence-corrected chi connectivity index (χ3v) is 13.2. The standard InChI is InChI=1S/C38H42N4O/c1-3-22-19-40-15-13-25-24-9-5-7-11-30(24)39-35(25)32(40)17-26(22)28-21-42-31-12-8-6-10-29(31)38-14-16-41-20-23(4-2)27(18-33(38)41)34(36(28)43)37(38)42/h3-12,21,26-27,32-34,36-37,39,43H,13-20H2,1-2H3/b22-3-,23-4-/t26-,27+,32+,33+,34+,36-,37+,38-/m1/s1. The highest BCUT2D eigenvalue weighted by Crippen LogP contribution is 2.66. The van der Waals surface area contributed by atoms with E-state index in [0.29, 0.717) is 24.0 Å². The van der Waals surface area contributed by atoms with Crippen LogP contribution in [0.3, 0.4) is 0 Å². The molecule has 0 unspecified atom stereocenters. The maximum absolute atomic E-state index is 12.7. The summed E-state index contributed by atoms with van der Waals surface area (Å²) >= 11 is 0. The summed E-state index contributed by atoms with van der Waals surface area (Å²) in [6.45, 7) is 8.78. The second-order valence-electron chi connectivity index (χ2n) is 14.5. The first-order chi connectivity index (χ1) is 21.1. The predicted molar refractivity (Wildman–Crippen MR) is 172 cm³/mol. The Balaban J connectivity index is 1.12. The van der Waals surface area contributed by atoms with Crippen LogP contribution in [0.15, 0.2) is 83.6 Å². The first-order valence-electron chi connectivity index (χ1n) is 16.8. The minimum atomic E-state index is -0.419. The monoisotopic (exact) mass is 570 g/mol. The van der Waals surface area contributed by atoms with Gasteiger partial charge in [-0.05, 0) is 80.8 Å². The van der Waals surface area contributed by atoms with Crippen LogP contribution in [0.25, 0.3) is 10.9 Å². The van der Waals surface area contributed by atoms with Crippen LogP contribution in [0.4, 0.5) is 5.69 Å². The zero-order valence-corrected chi connectivity index (χ0v) is 25.3. The van der Waals surface area contributed by atoms with E-state index in [2.05, 4.69) is 100 Å². The first kappa shape index (κ1) is 25.2. The van der Waals surface area contributed by atoms with E-state index in [-0.39, 0.29) is 17.3 Å². The zero-order valence-electron chi connectivity index (χ0n) is 25.3. The molecule has 43 heavy (non-hydrogen) atoms. The number of hydrogen-bond donors (Lipinski definition) is 2. The maximum atomic E-state index is 12.7. The topological polar surface area (TPSA) is 45.7 Å². The summed E-state index contributed by atoms with van der Waals surface area (Å²) in [5, 5.41) is 14.1. The minimum absolute atomic E-state index is 0.120. The highest BCUT2D eigenvalue weighted by Gasteiger charge is 2.69. The molecule has 1 aliphatic carbocycles. The van der Waals surface area contributed by atoms with Gasteiger partial charge >= 0.3 is 0 Å². The molecular formula is C38H42N4O. The number of nitrogens with one attached hydrogen (secondary N) is 1. The lowest BCUT2D eigenvalue weighted by Crippen LogP contribution is -2.67. The number of aromatic amines is 1. The van der Waals surface area contributed by atoms with E-state index >= 15 is 0 Å². The van der Waals surface area contributed by atoms with Crippen LogP contribution in [0.5, 0.6) is 0 Å². The summed E-state index contributed by atoms with van der Waals surface area (Å²) in [7, 11) is 0. The Morgan fingerprint density at radius 3 is 2.63 bits per heavy atom. The molecule has 220 valence electrons. The van der Waals surface area contributed by atoms with E-state index in [1.807, 2.05) is 0 Å². The van der Waals surface area contributed by atoms with Crippen LogP contribution >= 0.6 is 0 Å². The van der Waals surface area contributed by atoms with E-state index in [4.69, 9.17) is 0 Å². The smallest absolute Gasteiger partial charge is 0.0827 e. The summed E-state index contributed by atoms with van der Waals surface area (Å²) in [5.41, 5.74) is 11.6. The van der Waals surface area contributed by atoms with E-state index in [1.165, 1.54) is 58.4 Å². The molecule has 0 amide bonds. The Morgan fingerprint density at radius 1 is 0.930 bits per heavy atom. The fraction of sp³-hybridized carbons (Fsp3) is 0.474. The van der Waals surface area contributed by atoms with Gasteiger partial charge in [-0.1, -0.05) is 59.7 Å². The summed E-state index contributed by atoms with van der Waals surface area (Å²) in [4.78, 5) is 12.0. The number of aliphatic hydroxyl groups is 1. The molecule has 1 aromatic heterocycles. The number of H-pyrrole nitrogens is 1. The Labute approximate surface area is 254 Å². The molecule has 4 fully saturated rings. The lowest BCUT2D eigenvalue weighted by atomic mass is 9.52. The number of anilines is 1. The van der Waals surface area contributed by atoms with Crippen molar-refractivity contribution in [1.29, 1.82) is 0 Å². The van der Waals surface area contributed by atoms with Gasteiger partial charge in [0.1, 0.15) is 0 Å². The molecule has 7 aliphatic rings. The lowest BCUT2D eigenvalue weighted by Gasteiger charge is -2.59.